The van der Waals surface area contributed by atoms with Crippen molar-refractivity contribution in [2.24, 2.45) is 0 Å². The van der Waals surface area contributed by atoms with E-state index in [9.17, 15) is 9.59 Å². The number of hydrazine groups is 1. The van der Waals surface area contributed by atoms with Crippen molar-refractivity contribution in [3.63, 3.8) is 0 Å². The fraction of sp³-hybridized carbons (Fsp3) is 0.364. The summed E-state index contributed by atoms with van der Waals surface area (Å²) in [6.07, 6.45) is 0. The van der Waals surface area contributed by atoms with Crippen LogP contribution in [0.3, 0.4) is 0 Å². The van der Waals surface area contributed by atoms with Gasteiger partial charge in [-0.1, -0.05) is 47.5 Å². The molecular weight excluding hydrogens is 437 g/mol. The molecule has 2 aromatic carbocycles. The zero-order valence-corrected chi connectivity index (χ0v) is 19.2. The van der Waals surface area contributed by atoms with Crippen molar-refractivity contribution >= 4 is 40.7 Å². The Balaban J connectivity index is 1.72. The number of halogens is 2. The lowest BCUT2D eigenvalue weighted by atomic mass is 10.1. The Hall–Kier alpha value is -2.32. The highest BCUT2D eigenvalue weighted by molar-refractivity contribution is 6.35. The molecular formula is C22H27Cl2N5O2. The molecule has 0 saturated heterocycles. The van der Waals surface area contributed by atoms with E-state index >= 15 is 0 Å². The summed E-state index contributed by atoms with van der Waals surface area (Å²) in [4.78, 5) is 27.2. The second kappa shape index (κ2) is 10.8. The van der Waals surface area contributed by atoms with Gasteiger partial charge in [0, 0.05) is 38.2 Å². The number of likely N-dealkylation sites (N-methyl/N-ethyl adjacent to an activating group) is 2. The first-order valence-corrected chi connectivity index (χ1v) is 10.8. The number of hydrogen-bond donors (Lipinski definition) is 2. The molecule has 0 saturated carbocycles. The molecule has 0 aliphatic carbocycles. The Kier molecular flexibility index (Phi) is 8.15. The predicted octanol–water partition coefficient (Wildman–Crippen LogP) is 2.52. The molecule has 0 unspecified atom stereocenters. The van der Waals surface area contributed by atoms with Gasteiger partial charge in [0.15, 0.2) is 0 Å². The largest absolute Gasteiger partial charge is 0.353 e. The highest BCUT2D eigenvalue weighted by Gasteiger charge is 2.27. The quantitative estimate of drug-likeness (QED) is 0.559. The topological polar surface area (TPSA) is 67.9 Å². The molecule has 9 heteroatoms. The van der Waals surface area contributed by atoms with Crippen molar-refractivity contribution in [2.75, 3.05) is 45.2 Å². The Morgan fingerprint density at radius 1 is 1.03 bits per heavy atom. The lowest BCUT2D eigenvalue weighted by Crippen LogP contribution is -2.48. The van der Waals surface area contributed by atoms with Crippen molar-refractivity contribution in [3.05, 3.63) is 63.6 Å². The van der Waals surface area contributed by atoms with Gasteiger partial charge in [-0.15, -0.1) is 0 Å². The smallest absolute Gasteiger partial charge is 0.256 e. The van der Waals surface area contributed by atoms with Crippen LogP contribution in [0.25, 0.3) is 0 Å². The lowest BCUT2D eigenvalue weighted by molar-refractivity contribution is -0.145. The minimum atomic E-state index is -0.199. The molecule has 3 rings (SSSR count). The van der Waals surface area contributed by atoms with Gasteiger partial charge in [0.2, 0.25) is 5.91 Å². The van der Waals surface area contributed by atoms with E-state index in [-0.39, 0.29) is 24.9 Å². The summed E-state index contributed by atoms with van der Waals surface area (Å²) in [5, 5.41) is 10.3. The fourth-order valence-corrected chi connectivity index (χ4v) is 3.86. The summed E-state index contributed by atoms with van der Waals surface area (Å²) < 4.78 is 0. The highest BCUT2D eigenvalue weighted by atomic mass is 35.5. The van der Waals surface area contributed by atoms with Crippen molar-refractivity contribution in [1.82, 2.24) is 20.7 Å². The van der Waals surface area contributed by atoms with E-state index in [0.717, 1.165) is 0 Å². The molecule has 1 aliphatic rings. The van der Waals surface area contributed by atoms with Gasteiger partial charge in [0.25, 0.3) is 5.91 Å². The lowest BCUT2D eigenvalue weighted by Gasteiger charge is -2.31. The van der Waals surface area contributed by atoms with E-state index in [1.807, 2.05) is 24.2 Å². The van der Waals surface area contributed by atoms with Gasteiger partial charge in [-0.25, -0.2) is 5.01 Å². The van der Waals surface area contributed by atoms with E-state index in [1.54, 1.807) is 35.2 Å². The van der Waals surface area contributed by atoms with E-state index in [0.29, 0.717) is 41.9 Å². The molecule has 31 heavy (non-hydrogen) atoms. The number of rotatable bonds is 9. The van der Waals surface area contributed by atoms with Crippen LogP contribution in [0, 0.1) is 0 Å². The first kappa shape index (κ1) is 23.3. The van der Waals surface area contributed by atoms with Crippen LogP contribution in [0.2, 0.25) is 10.0 Å². The third-order valence-corrected chi connectivity index (χ3v) is 5.77. The van der Waals surface area contributed by atoms with Crippen molar-refractivity contribution in [3.8, 4) is 0 Å². The average Bonchev–Trinajstić information content (AvgIpc) is 3.19. The predicted molar refractivity (Wildman–Crippen MR) is 124 cm³/mol. The third-order valence-electron chi connectivity index (χ3n) is 5.22. The highest BCUT2D eigenvalue weighted by Crippen LogP contribution is 2.29. The van der Waals surface area contributed by atoms with Crippen molar-refractivity contribution in [2.45, 2.75) is 13.1 Å². The number of nitrogens with one attached hydrogen (secondary N) is 2. The Morgan fingerprint density at radius 2 is 1.71 bits per heavy atom. The summed E-state index contributed by atoms with van der Waals surface area (Å²) >= 11 is 12.5. The number of anilines is 1. The molecule has 0 radical (unpaired) electrons. The van der Waals surface area contributed by atoms with Crippen molar-refractivity contribution in [1.29, 1.82) is 0 Å². The number of carbonyl (C=O) groups is 2. The van der Waals surface area contributed by atoms with E-state index < -0.39 is 0 Å². The van der Waals surface area contributed by atoms with Gasteiger partial charge in [0.1, 0.15) is 0 Å². The maximum Gasteiger partial charge on any atom is 0.256 e. The van der Waals surface area contributed by atoms with Gasteiger partial charge in [-0.05, 0) is 36.4 Å². The molecule has 0 fully saturated rings. The van der Waals surface area contributed by atoms with Crippen LogP contribution in [0.15, 0.2) is 42.5 Å². The van der Waals surface area contributed by atoms with Crippen LogP contribution >= 0.6 is 23.2 Å². The van der Waals surface area contributed by atoms with Crippen LogP contribution in [0.5, 0.6) is 0 Å². The molecule has 1 heterocycles. The zero-order chi connectivity index (χ0) is 22.4. The van der Waals surface area contributed by atoms with Gasteiger partial charge in [-0.3, -0.25) is 14.6 Å². The second-order valence-corrected chi connectivity index (χ2v) is 8.26. The molecule has 0 atom stereocenters. The molecule has 0 aromatic heterocycles. The summed E-state index contributed by atoms with van der Waals surface area (Å²) in [5.74, 6) is -0.345. The minimum Gasteiger partial charge on any atom is -0.353 e. The number of carbonyl (C=O) groups excluding carboxylic acids is 2. The minimum absolute atomic E-state index is 0.0103. The summed E-state index contributed by atoms with van der Waals surface area (Å²) in [5.41, 5.74) is 2.96. The summed E-state index contributed by atoms with van der Waals surface area (Å²) in [6, 6.07) is 13.1. The standard InChI is InChI=1S/C22H27Cl2N5O2/c1-25-9-10-26-21(30)14-28(20-11-18(23)7-8-19(20)24)15-22(31)27(2)29-12-16-5-3-4-6-17(16)13-29/h3-8,11,25H,9-10,12-15H2,1-2H3,(H,26,30). The van der Waals surface area contributed by atoms with E-state index in [2.05, 4.69) is 22.8 Å². The number of hydrogen-bond acceptors (Lipinski definition) is 5. The molecule has 2 aromatic rings. The third kappa shape index (κ3) is 6.11. The van der Waals surface area contributed by atoms with Crippen molar-refractivity contribution < 1.29 is 9.59 Å². The maximum absolute atomic E-state index is 13.1. The molecule has 7 nitrogen and oxygen atoms in total. The monoisotopic (exact) mass is 463 g/mol. The van der Waals surface area contributed by atoms with Gasteiger partial charge < -0.3 is 15.5 Å². The van der Waals surface area contributed by atoms with E-state index in [1.165, 1.54) is 11.1 Å². The molecule has 2 amide bonds. The van der Waals surface area contributed by atoms with Crippen LogP contribution < -0.4 is 15.5 Å². The van der Waals surface area contributed by atoms with Gasteiger partial charge in [0.05, 0.1) is 23.8 Å². The average molecular weight is 464 g/mol. The number of nitrogens with zero attached hydrogens (tertiary/aromatic N) is 3. The van der Waals surface area contributed by atoms with Crippen LogP contribution in [0.1, 0.15) is 11.1 Å². The molecule has 0 spiro atoms. The molecule has 166 valence electrons. The Bertz CT molecular complexity index is 915. The van der Waals surface area contributed by atoms with Crippen LogP contribution in [0.4, 0.5) is 5.69 Å². The van der Waals surface area contributed by atoms with Crippen LogP contribution in [-0.4, -0.2) is 62.1 Å². The van der Waals surface area contributed by atoms with Gasteiger partial charge in [-0.2, -0.15) is 0 Å². The molecule has 2 N–H and O–H groups in total. The zero-order valence-electron chi connectivity index (χ0n) is 17.7. The normalized spacial score (nSPS) is 13.0. The summed E-state index contributed by atoms with van der Waals surface area (Å²) in [6.45, 7) is 2.46. The summed E-state index contributed by atoms with van der Waals surface area (Å²) in [7, 11) is 3.56. The molecule has 0 bridgehead atoms. The number of amides is 2. The first-order valence-electron chi connectivity index (χ1n) is 10.1. The van der Waals surface area contributed by atoms with E-state index in [4.69, 9.17) is 23.2 Å². The maximum atomic E-state index is 13.1. The van der Waals surface area contributed by atoms with Gasteiger partial charge >= 0.3 is 0 Å². The Morgan fingerprint density at radius 3 is 2.35 bits per heavy atom. The van der Waals surface area contributed by atoms with Crippen LogP contribution in [-0.2, 0) is 22.7 Å². The SMILES string of the molecule is CNCCNC(=O)CN(CC(=O)N(C)N1Cc2ccccc2C1)c1cc(Cl)ccc1Cl. The second-order valence-electron chi connectivity index (χ2n) is 7.41. The number of benzene rings is 2. The Labute approximate surface area is 192 Å². The first-order chi connectivity index (χ1) is 14.9. The molecule has 1 aliphatic heterocycles. The fourth-order valence-electron chi connectivity index (χ4n) is 3.46. The number of fused-ring (bicyclic) bond motifs is 1.